The van der Waals surface area contributed by atoms with Crippen molar-refractivity contribution in [2.75, 3.05) is 11.9 Å². The van der Waals surface area contributed by atoms with E-state index in [1.807, 2.05) is 12.1 Å². The maximum absolute atomic E-state index is 12.3. The summed E-state index contributed by atoms with van der Waals surface area (Å²) in [5, 5.41) is 11.5. The Morgan fingerprint density at radius 3 is 2.58 bits per heavy atom. The Balaban J connectivity index is 2.08. The molecule has 124 valence electrons. The summed E-state index contributed by atoms with van der Waals surface area (Å²) >= 11 is 0. The molecule has 0 aliphatic carbocycles. The summed E-state index contributed by atoms with van der Waals surface area (Å²) < 4.78 is 27.0. The van der Waals surface area contributed by atoms with Gasteiger partial charge < -0.3 is 5.32 Å². The molecule has 2 aromatic carbocycles. The number of para-hydroxylation sites is 1. The van der Waals surface area contributed by atoms with Gasteiger partial charge in [0, 0.05) is 0 Å². The van der Waals surface area contributed by atoms with E-state index in [-0.39, 0.29) is 4.90 Å². The molecule has 24 heavy (non-hydrogen) atoms. The van der Waals surface area contributed by atoms with Gasteiger partial charge in [0.25, 0.3) is 0 Å². The summed E-state index contributed by atoms with van der Waals surface area (Å²) in [7, 11) is -3.79. The van der Waals surface area contributed by atoms with Crippen LogP contribution in [-0.2, 0) is 14.8 Å². The number of benzene rings is 2. The van der Waals surface area contributed by atoms with Gasteiger partial charge in [0.05, 0.1) is 22.7 Å². The van der Waals surface area contributed by atoms with Crippen LogP contribution in [0.3, 0.4) is 0 Å². The monoisotopic (exact) mass is 343 g/mol. The molecule has 0 saturated carbocycles. The zero-order valence-corrected chi connectivity index (χ0v) is 14.1. The predicted molar refractivity (Wildman–Crippen MR) is 90.9 cm³/mol. The lowest BCUT2D eigenvalue weighted by Gasteiger charge is -2.11. The first kappa shape index (κ1) is 17.7. The van der Waals surface area contributed by atoms with Crippen molar-refractivity contribution in [2.24, 2.45) is 0 Å². The molecule has 0 aliphatic rings. The highest BCUT2D eigenvalue weighted by Gasteiger charge is 2.18. The number of anilines is 1. The molecule has 0 radical (unpaired) electrons. The second kappa shape index (κ2) is 7.25. The Morgan fingerprint density at radius 2 is 1.88 bits per heavy atom. The fourth-order valence-electron chi connectivity index (χ4n) is 2.12. The molecular formula is C17H17N3O3S. The molecule has 0 atom stereocenters. The Bertz CT molecular complexity index is 915. The first-order valence-corrected chi connectivity index (χ1v) is 8.67. The van der Waals surface area contributed by atoms with Crippen LogP contribution in [0, 0.1) is 25.2 Å². The average Bonchev–Trinajstić information content (AvgIpc) is 2.56. The lowest BCUT2D eigenvalue weighted by atomic mass is 10.2. The topological polar surface area (TPSA) is 99.1 Å². The first-order chi connectivity index (χ1) is 11.3. The number of sulfonamides is 1. The molecule has 1 amide bonds. The van der Waals surface area contributed by atoms with E-state index in [9.17, 15) is 13.2 Å². The van der Waals surface area contributed by atoms with E-state index >= 15 is 0 Å². The average molecular weight is 343 g/mol. The van der Waals surface area contributed by atoms with Crippen molar-refractivity contribution in [2.45, 2.75) is 18.7 Å². The summed E-state index contributed by atoms with van der Waals surface area (Å²) in [5.41, 5.74) is 2.07. The molecule has 6 nitrogen and oxygen atoms in total. The highest BCUT2D eigenvalue weighted by molar-refractivity contribution is 7.89. The zero-order chi connectivity index (χ0) is 17.7. The third-order valence-electron chi connectivity index (χ3n) is 3.38. The van der Waals surface area contributed by atoms with E-state index in [0.717, 1.165) is 5.56 Å². The van der Waals surface area contributed by atoms with E-state index in [2.05, 4.69) is 10.0 Å². The van der Waals surface area contributed by atoms with Gasteiger partial charge in [-0.1, -0.05) is 24.3 Å². The number of hydrogen-bond donors (Lipinski definition) is 2. The molecular weight excluding hydrogens is 326 g/mol. The lowest BCUT2D eigenvalue weighted by molar-refractivity contribution is -0.115. The minimum Gasteiger partial charge on any atom is -0.324 e. The van der Waals surface area contributed by atoms with Crippen molar-refractivity contribution < 1.29 is 13.2 Å². The van der Waals surface area contributed by atoms with Crippen molar-refractivity contribution >= 4 is 21.6 Å². The van der Waals surface area contributed by atoms with Gasteiger partial charge in [-0.3, -0.25) is 4.79 Å². The van der Waals surface area contributed by atoms with E-state index in [0.29, 0.717) is 16.8 Å². The highest BCUT2D eigenvalue weighted by Crippen LogP contribution is 2.17. The maximum Gasteiger partial charge on any atom is 0.241 e. The Hall–Kier alpha value is -2.69. The van der Waals surface area contributed by atoms with Gasteiger partial charge in [-0.2, -0.15) is 5.26 Å². The van der Waals surface area contributed by atoms with Crippen molar-refractivity contribution in [1.29, 1.82) is 5.26 Å². The number of aryl methyl sites for hydroxylation is 2. The molecule has 0 fully saturated rings. The van der Waals surface area contributed by atoms with Gasteiger partial charge in [-0.15, -0.1) is 0 Å². The molecule has 0 aliphatic heterocycles. The number of carbonyl (C=O) groups is 1. The van der Waals surface area contributed by atoms with E-state index in [1.54, 1.807) is 50.2 Å². The molecule has 0 saturated heterocycles. The predicted octanol–water partition coefficient (Wildman–Crippen LogP) is 2.09. The van der Waals surface area contributed by atoms with Crippen LogP contribution < -0.4 is 10.0 Å². The molecule has 2 N–H and O–H groups in total. The van der Waals surface area contributed by atoms with Crippen molar-refractivity contribution in [3.63, 3.8) is 0 Å². The molecule has 0 bridgehead atoms. The van der Waals surface area contributed by atoms with Crippen LogP contribution in [0.2, 0.25) is 0 Å². The summed E-state index contributed by atoms with van der Waals surface area (Å²) in [5.74, 6) is -0.549. The molecule has 0 spiro atoms. The molecule has 0 aromatic heterocycles. The Morgan fingerprint density at radius 1 is 1.17 bits per heavy atom. The second-order valence-corrected chi connectivity index (χ2v) is 7.03. The number of nitriles is 1. The molecule has 7 heteroatoms. The maximum atomic E-state index is 12.3. The number of nitrogens with zero attached hydrogens (tertiary/aromatic N) is 1. The largest absolute Gasteiger partial charge is 0.324 e. The van der Waals surface area contributed by atoms with Crippen LogP contribution >= 0.6 is 0 Å². The fraction of sp³-hybridized carbons (Fsp3) is 0.176. The number of rotatable bonds is 5. The highest BCUT2D eigenvalue weighted by atomic mass is 32.2. The number of carbonyl (C=O) groups excluding carboxylic acids is 1. The number of amides is 1. The summed E-state index contributed by atoms with van der Waals surface area (Å²) in [6.45, 7) is 3.07. The van der Waals surface area contributed by atoms with Gasteiger partial charge in [0.2, 0.25) is 15.9 Å². The van der Waals surface area contributed by atoms with Gasteiger partial charge in [-0.25, -0.2) is 13.1 Å². The molecule has 0 unspecified atom stereocenters. The van der Waals surface area contributed by atoms with Gasteiger partial charge in [0.1, 0.15) is 6.07 Å². The van der Waals surface area contributed by atoms with Gasteiger partial charge >= 0.3 is 0 Å². The Labute approximate surface area is 141 Å². The number of nitrogens with one attached hydrogen (secondary N) is 2. The van der Waals surface area contributed by atoms with E-state index in [4.69, 9.17) is 5.26 Å². The second-order valence-electron chi connectivity index (χ2n) is 5.30. The van der Waals surface area contributed by atoms with Crippen molar-refractivity contribution in [3.8, 4) is 6.07 Å². The fourth-order valence-corrected chi connectivity index (χ4v) is 3.43. The lowest BCUT2D eigenvalue weighted by Crippen LogP contribution is -2.33. The third kappa shape index (κ3) is 4.19. The molecule has 2 rings (SSSR count). The first-order valence-electron chi connectivity index (χ1n) is 7.19. The van der Waals surface area contributed by atoms with Crippen LogP contribution in [0.25, 0.3) is 0 Å². The van der Waals surface area contributed by atoms with Crippen LogP contribution in [0.4, 0.5) is 5.69 Å². The van der Waals surface area contributed by atoms with Crippen LogP contribution in [-0.4, -0.2) is 20.9 Å². The Kier molecular flexibility index (Phi) is 5.34. The molecule has 0 heterocycles. The zero-order valence-electron chi connectivity index (χ0n) is 13.3. The van der Waals surface area contributed by atoms with Crippen molar-refractivity contribution in [1.82, 2.24) is 4.72 Å². The smallest absolute Gasteiger partial charge is 0.241 e. The van der Waals surface area contributed by atoms with Crippen LogP contribution in [0.15, 0.2) is 47.4 Å². The van der Waals surface area contributed by atoms with Crippen LogP contribution in [0.1, 0.15) is 16.7 Å². The van der Waals surface area contributed by atoms with E-state index < -0.39 is 22.5 Å². The summed E-state index contributed by atoms with van der Waals surface area (Å²) in [6, 6.07) is 13.5. The van der Waals surface area contributed by atoms with Gasteiger partial charge in [-0.05, 0) is 43.2 Å². The molecule has 2 aromatic rings. The standard InChI is InChI=1S/C17H17N3O3S/c1-12-7-8-13(2)16(9-12)24(22,23)19-11-17(21)20-15-6-4-3-5-14(15)10-18/h3-9,19H,11H2,1-2H3,(H,20,21). The van der Waals surface area contributed by atoms with E-state index in [1.165, 1.54) is 0 Å². The van der Waals surface area contributed by atoms with Crippen LogP contribution in [0.5, 0.6) is 0 Å². The summed E-state index contributed by atoms with van der Waals surface area (Å²) in [6.07, 6.45) is 0. The minimum atomic E-state index is -3.79. The summed E-state index contributed by atoms with van der Waals surface area (Å²) in [4.78, 5) is 12.1. The normalized spacial score (nSPS) is 10.9. The van der Waals surface area contributed by atoms with Crippen molar-refractivity contribution in [3.05, 3.63) is 59.2 Å². The minimum absolute atomic E-state index is 0.146. The van der Waals surface area contributed by atoms with Gasteiger partial charge in [0.15, 0.2) is 0 Å². The number of hydrogen-bond acceptors (Lipinski definition) is 4. The quantitative estimate of drug-likeness (QED) is 0.868. The SMILES string of the molecule is Cc1ccc(C)c(S(=O)(=O)NCC(=O)Nc2ccccc2C#N)c1. The third-order valence-corrected chi connectivity index (χ3v) is 4.92.